The fourth-order valence-corrected chi connectivity index (χ4v) is 1.96. The normalized spacial score (nSPS) is 19.0. The van der Waals surface area contributed by atoms with Crippen molar-refractivity contribution in [3.05, 3.63) is 35.4 Å². The van der Waals surface area contributed by atoms with Gasteiger partial charge in [0.25, 0.3) is 0 Å². The third-order valence-corrected chi connectivity index (χ3v) is 3.26. The largest absolute Gasteiger partial charge is 0.392 e. The van der Waals surface area contributed by atoms with Gasteiger partial charge in [0.05, 0.1) is 6.10 Å². The number of aryl methyl sites for hydroxylation is 1. The first kappa shape index (κ1) is 9.72. The van der Waals surface area contributed by atoms with Crippen molar-refractivity contribution in [3.63, 3.8) is 0 Å². The van der Waals surface area contributed by atoms with Crippen LogP contribution >= 0.6 is 0 Å². The van der Waals surface area contributed by atoms with Crippen LogP contribution in [-0.2, 0) is 6.42 Å². The van der Waals surface area contributed by atoms with Gasteiger partial charge in [0.2, 0.25) is 0 Å². The van der Waals surface area contributed by atoms with E-state index in [1.165, 1.54) is 30.4 Å². The Kier molecular flexibility index (Phi) is 2.87. The molecule has 0 aromatic heterocycles. The molecule has 1 aromatic rings. The van der Waals surface area contributed by atoms with Crippen LogP contribution in [0.25, 0.3) is 0 Å². The van der Waals surface area contributed by atoms with Crippen LogP contribution in [0.3, 0.4) is 0 Å². The SMILES string of the molecule is Cc1ccc(CC(O)C2CCC2)cc1. The molecule has 1 saturated carbocycles. The molecule has 0 spiro atoms. The highest BCUT2D eigenvalue weighted by atomic mass is 16.3. The van der Waals surface area contributed by atoms with Crippen LogP contribution in [0.4, 0.5) is 0 Å². The lowest BCUT2D eigenvalue weighted by Crippen LogP contribution is -2.28. The van der Waals surface area contributed by atoms with Crippen LogP contribution in [0.15, 0.2) is 24.3 Å². The lowest BCUT2D eigenvalue weighted by molar-refractivity contribution is 0.0630. The molecule has 1 aromatic carbocycles. The summed E-state index contributed by atoms with van der Waals surface area (Å²) in [7, 11) is 0. The van der Waals surface area contributed by atoms with Gasteiger partial charge in [0, 0.05) is 0 Å². The van der Waals surface area contributed by atoms with Gasteiger partial charge in [-0.2, -0.15) is 0 Å². The number of hydrogen-bond acceptors (Lipinski definition) is 1. The molecule has 1 heteroatoms. The van der Waals surface area contributed by atoms with E-state index in [4.69, 9.17) is 0 Å². The summed E-state index contributed by atoms with van der Waals surface area (Å²) in [5.74, 6) is 0.566. The molecule has 0 saturated heterocycles. The van der Waals surface area contributed by atoms with Gasteiger partial charge in [0.1, 0.15) is 0 Å². The van der Waals surface area contributed by atoms with E-state index in [1.807, 2.05) is 0 Å². The summed E-state index contributed by atoms with van der Waals surface area (Å²) in [5.41, 5.74) is 2.54. The summed E-state index contributed by atoms with van der Waals surface area (Å²) < 4.78 is 0. The molecule has 0 aliphatic heterocycles. The highest BCUT2D eigenvalue weighted by Crippen LogP contribution is 2.30. The zero-order chi connectivity index (χ0) is 9.97. The van der Waals surface area contributed by atoms with E-state index in [-0.39, 0.29) is 6.10 Å². The third kappa shape index (κ3) is 2.16. The fourth-order valence-electron chi connectivity index (χ4n) is 1.96. The Hall–Kier alpha value is -0.820. The molecule has 1 aliphatic rings. The van der Waals surface area contributed by atoms with Crippen molar-refractivity contribution < 1.29 is 5.11 Å². The summed E-state index contributed by atoms with van der Waals surface area (Å²) in [6.07, 6.45) is 4.44. The second-order valence-corrected chi connectivity index (χ2v) is 4.45. The van der Waals surface area contributed by atoms with E-state index in [2.05, 4.69) is 31.2 Å². The van der Waals surface area contributed by atoms with Crippen molar-refractivity contribution in [1.82, 2.24) is 0 Å². The maximum Gasteiger partial charge on any atom is 0.0608 e. The molecule has 1 atom stereocenters. The summed E-state index contributed by atoms with van der Waals surface area (Å²) in [6.45, 7) is 2.09. The Morgan fingerprint density at radius 1 is 1.29 bits per heavy atom. The van der Waals surface area contributed by atoms with E-state index in [9.17, 15) is 5.11 Å². The van der Waals surface area contributed by atoms with Crippen LogP contribution in [-0.4, -0.2) is 11.2 Å². The van der Waals surface area contributed by atoms with Crippen LogP contribution in [0, 0.1) is 12.8 Å². The topological polar surface area (TPSA) is 20.2 Å². The van der Waals surface area contributed by atoms with Crippen molar-refractivity contribution >= 4 is 0 Å². The number of hydrogen-bond donors (Lipinski definition) is 1. The number of aliphatic hydroxyl groups is 1. The Morgan fingerprint density at radius 3 is 2.43 bits per heavy atom. The minimum atomic E-state index is -0.119. The van der Waals surface area contributed by atoms with Crippen LogP contribution < -0.4 is 0 Å². The highest BCUT2D eigenvalue weighted by Gasteiger charge is 2.25. The Labute approximate surface area is 85.8 Å². The molecule has 1 unspecified atom stereocenters. The Balaban J connectivity index is 1.92. The van der Waals surface area contributed by atoms with Crippen molar-refractivity contribution in [1.29, 1.82) is 0 Å². The molecule has 1 fully saturated rings. The molecule has 2 rings (SSSR count). The van der Waals surface area contributed by atoms with Gasteiger partial charge in [-0.25, -0.2) is 0 Å². The monoisotopic (exact) mass is 190 g/mol. The molecule has 0 radical (unpaired) electrons. The second-order valence-electron chi connectivity index (χ2n) is 4.45. The predicted molar refractivity (Wildman–Crippen MR) is 58.2 cm³/mol. The summed E-state index contributed by atoms with van der Waals surface area (Å²) in [6, 6.07) is 8.47. The summed E-state index contributed by atoms with van der Waals surface area (Å²) >= 11 is 0. The van der Waals surface area contributed by atoms with Gasteiger partial charge in [0.15, 0.2) is 0 Å². The van der Waals surface area contributed by atoms with Crippen molar-refractivity contribution in [2.24, 2.45) is 5.92 Å². The summed E-state index contributed by atoms with van der Waals surface area (Å²) in [4.78, 5) is 0. The smallest absolute Gasteiger partial charge is 0.0608 e. The van der Waals surface area contributed by atoms with E-state index >= 15 is 0 Å². The third-order valence-electron chi connectivity index (χ3n) is 3.26. The maximum atomic E-state index is 9.89. The molecule has 0 bridgehead atoms. The van der Waals surface area contributed by atoms with Crippen molar-refractivity contribution in [3.8, 4) is 0 Å². The molecule has 1 aliphatic carbocycles. The van der Waals surface area contributed by atoms with Gasteiger partial charge in [-0.05, 0) is 37.7 Å². The molecule has 0 heterocycles. The zero-order valence-electron chi connectivity index (χ0n) is 8.74. The van der Waals surface area contributed by atoms with Crippen LogP contribution in [0.5, 0.6) is 0 Å². The van der Waals surface area contributed by atoms with Crippen molar-refractivity contribution in [2.75, 3.05) is 0 Å². The molecule has 0 amide bonds. The molecule has 14 heavy (non-hydrogen) atoms. The highest BCUT2D eigenvalue weighted by molar-refractivity contribution is 5.21. The molecule has 1 nitrogen and oxygen atoms in total. The first-order valence-electron chi connectivity index (χ1n) is 5.49. The Morgan fingerprint density at radius 2 is 1.93 bits per heavy atom. The number of aliphatic hydroxyl groups excluding tert-OH is 1. The number of rotatable bonds is 3. The molecular formula is C13H18O. The van der Waals surface area contributed by atoms with Crippen molar-refractivity contribution in [2.45, 2.75) is 38.7 Å². The standard InChI is InChI=1S/C13H18O/c1-10-5-7-11(8-6-10)9-13(14)12-3-2-4-12/h5-8,12-14H,2-4,9H2,1H3. The number of benzene rings is 1. The van der Waals surface area contributed by atoms with E-state index in [0.717, 1.165) is 6.42 Å². The van der Waals surface area contributed by atoms with Gasteiger partial charge < -0.3 is 5.11 Å². The average molecular weight is 190 g/mol. The van der Waals surface area contributed by atoms with E-state index in [0.29, 0.717) is 5.92 Å². The van der Waals surface area contributed by atoms with Gasteiger partial charge in [-0.1, -0.05) is 36.2 Å². The predicted octanol–water partition coefficient (Wildman–Crippen LogP) is 2.70. The van der Waals surface area contributed by atoms with Gasteiger partial charge in [-0.15, -0.1) is 0 Å². The van der Waals surface area contributed by atoms with Crippen LogP contribution in [0.1, 0.15) is 30.4 Å². The summed E-state index contributed by atoms with van der Waals surface area (Å²) in [5, 5.41) is 9.89. The average Bonchev–Trinajstić information content (AvgIpc) is 2.06. The quantitative estimate of drug-likeness (QED) is 0.777. The lowest BCUT2D eigenvalue weighted by Gasteiger charge is -2.30. The van der Waals surface area contributed by atoms with Crippen LogP contribution in [0.2, 0.25) is 0 Å². The van der Waals surface area contributed by atoms with Gasteiger partial charge >= 0.3 is 0 Å². The molecule has 1 N–H and O–H groups in total. The zero-order valence-corrected chi connectivity index (χ0v) is 8.74. The van der Waals surface area contributed by atoms with E-state index < -0.39 is 0 Å². The first-order valence-corrected chi connectivity index (χ1v) is 5.49. The lowest BCUT2D eigenvalue weighted by atomic mass is 9.79. The molecular weight excluding hydrogens is 172 g/mol. The van der Waals surface area contributed by atoms with Gasteiger partial charge in [-0.3, -0.25) is 0 Å². The fraction of sp³-hybridized carbons (Fsp3) is 0.538. The first-order chi connectivity index (χ1) is 6.75. The minimum Gasteiger partial charge on any atom is -0.392 e. The molecule has 76 valence electrons. The minimum absolute atomic E-state index is 0.119. The second kappa shape index (κ2) is 4.14. The maximum absolute atomic E-state index is 9.89. The van der Waals surface area contributed by atoms with E-state index in [1.54, 1.807) is 0 Å². The Bertz CT molecular complexity index is 285.